The van der Waals surface area contributed by atoms with Crippen molar-refractivity contribution in [3.05, 3.63) is 53.8 Å². The molecule has 7 nitrogen and oxygen atoms in total. The Morgan fingerprint density at radius 2 is 1.73 bits per heavy atom. The van der Waals surface area contributed by atoms with Crippen LogP contribution >= 0.6 is 11.6 Å². The van der Waals surface area contributed by atoms with E-state index in [2.05, 4.69) is 39.9 Å². The van der Waals surface area contributed by atoms with Crippen molar-refractivity contribution in [2.24, 2.45) is 0 Å². The summed E-state index contributed by atoms with van der Waals surface area (Å²) in [5, 5.41) is 4.88. The second-order valence-electron chi connectivity index (χ2n) is 10.6. The van der Waals surface area contributed by atoms with Crippen molar-refractivity contribution in [1.82, 2.24) is 20.0 Å². The second kappa shape index (κ2) is 16.0. The summed E-state index contributed by atoms with van der Waals surface area (Å²) < 4.78 is 11.8. The number of carbonyl (C=O) groups excluding carboxylic acids is 1. The number of unbranched alkanes of at least 4 members (excludes halogenated alkanes) is 2. The molecule has 0 atom stereocenters. The van der Waals surface area contributed by atoms with Crippen molar-refractivity contribution in [2.45, 2.75) is 39.5 Å². The molecular weight excluding hydrogens is 524 g/mol. The highest BCUT2D eigenvalue weighted by Gasteiger charge is 2.18. The van der Waals surface area contributed by atoms with Gasteiger partial charge in [0.2, 0.25) is 5.91 Å². The van der Waals surface area contributed by atoms with Gasteiger partial charge >= 0.3 is 0 Å². The number of nitrogens with one attached hydrogen (secondary N) is 1. The lowest BCUT2D eigenvalue weighted by Crippen LogP contribution is -2.49. The third-order valence-corrected chi connectivity index (χ3v) is 8.04. The SMILES string of the molecule is CCN(CC)CCCNC(=O)CN1CCN(CCCCCOc2ccc3c(-c4ccc(Cl)cc4)coc3c2)CC1. The molecule has 1 aliphatic rings. The van der Waals surface area contributed by atoms with E-state index in [4.69, 9.17) is 20.8 Å². The average Bonchev–Trinajstić information content (AvgIpc) is 3.39. The third kappa shape index (κ3) is 9.23. The van der Waals surface area contributed by atoms with E-state index in [-0.39, 0.29) is 5.91 Å². The van der Waals surface area contributed by atoms with E-state index in [1.165, 1.54) is 0 Å². The number of nitrogens with zero attached hydrogens (tertiary/aromatic N) is 3. The molecule has 1 amide bonds. The average molecular weight is 569 g/mol. The first-order valence-electron chi connectivity index (χ1n) is 14.9. The van der Waals surface area contributed by atoms with E-state index in [0.717, 1.165) is 117 Å². The van der Waals surface area contributed by atoms with Crippen molar-refractivity contribution in [2.75, 3.05) is 72.1 Å². The third-order valence-electron chi connectivity index (χ3n) is 7.79. The maximum atomic E-state index is 12.3. The molecule has 0 bridgehead atoms. The Labute approximate surface area is 244 Å². The van der Waals surface area contributed by atoms with Crippen LogP contribution in [0.1, 0.15) is 39.5 Å². The van der Waals surface area contributed by atoms with Crippen molar-refractivity contribution >= 4 is 28.5 Å². The topological polar surface area (TPSA) is 61.2 Å². The molecule has 0 saturated carbocycles. The summed E-state index contributed by atoms with van der Waals surface area (Å²) in [6.45, 7) is 14.6. The Kier molecular flexibility index (Phi) is 12.2. The van der Waals surface area contributed by atoms with Crippen LogP contribution in [0.5, 0.6) is 5.75 Å². The summed E-state index contributed by atoms with van der Waals surface area (Å²) >= 11 is 6.02. The van der Waals surface area contributed by atoms with Crippen LogP contribution in [0.2, 0.25) is 5.02 Å². The summed E-state index contributed by atoms with van der Waals surface area (Å²) in [6.07, 6.45) is 6.14. The molecular formula is C32H45ClN4O3. The Hall–Kier alpha value is -2.58. The Morgan fingerprint density at radius 1 is 0.975 bits per heavy atom. The number of ether oxygens (including phenoxy) is 1. The molecule has 0 radical (unpaired) electrons. The molecule has 0 unspecified atom stereocenters. The van der Waals surface area contributed by atoms with Crippen LogP contribution in [0.4, 0.5) is 0 Å². The quantitative estimate of drug-likeness (QED) is 0.221. The van der Waals surface area contributed by atoms with Gasteiger partial charge in [-0.1, -0.05) is 37.6 Å². The van der Waals surface area contributed by atoms with E-state index in [0.29, 0.717) is 13.2 Å². The highest BCUT2D eigenvalue weighted by Crippen LogP contribution is 2.33. The molecule has 2 heterocycles. The maximum absolute atomic E-state index is 12.3. The second-order valence-corrected chi connectivity index (χ2v) is 11.0. The van der Waals surface area contributed by atoms with Gasteiger partial charge in [0.25, 0.3) is 0 Å². The summed E-state index contributed by atoms with van der Waals surface area (Å²) in [6, 6.07) is 13.9. The lowest BCUT2D eigenvalue weighted by atomic mass is 10.0. The van der Waals surface area contributed by atoms with Crippen molar-refractivity contribution in [3.8, 4) is 16.9 Å². The zero-order valence-electron chi connectivity index (χ0n) is 24.2. The Balaban J connectivity index is 1.05. The largest absolute Gasteiger partial charge is 0.493 e. The minimum atomic E-state index is 0.154. The van der Waals surface area contributed by atoms with Crippen molar-refractivity contribution < 1.29 is 13.9 Å². The normalized spacial score (nSPS) is 14.7. The molecule has 40 heavy (non-hydrogen) atoms. The first-order valence-corrected chi connectivity index (χ1v) is 15.3. The molecule has 218 valence electrons. The fourth-order valence-corrected chi connectivity index (χ4v) is 5.38. The van der Waals surface area contributed by atoms with Crippen LogP contribution in [-0.2, 0) is 4.79 Å². The number of piperazine rings is 1. The van der Waals surface area contributed by atoms with E-state index in [1.807, 2.05) is 36.4 Å². The standard InChI is InChI=1S/C32H45ClN4O3/c1-3-35(4-2)17-8-15-34-32(38)24-37-20-18-36(19-21-37)16-6-5-7-22-39-28-13-14-29-30(25-40-31(29)23-28)26-9-11-27(33)12-10-26/h9-14,23,25H,3-8,15-22,24H2,1-2H3,(H,34,38). The molecule has 8 heteroatoms. The number of benzene rings is 2. The van der Waals surface area contributed by atoms with Gasteiger partial charge in [0, 0.05) is 54.8 Å². The predicted octanol–water partition coefficient (Wildman–Crippen LogP) is 5.77. The molecule has 1 N–H and O–H groups in total. The summed E-state index contributed by atoms with van der Waals surface area (Å²) in [5.74, 6) is 0.995. The number of rotatable bonds is 16. The number of furan rings is 1. The van der Waals surface area contributed by atoms with Crippen LogP contribution in [0, 0.1) is 0 Å². The molecule has 0 spiro atoms. The minimum Gasteiger partial charge on any atom is -0.493 e. The number of hydrogen-bond donors (Lipinski definition) is 1. The van der Waals surface area contributed by atoms with E-state index in [9.17, 15) is 4.79 Å². The van der Waals surface area contributed by atoms with Gasteiger partial charge in [0.15, 0.2) is 0 Å². The lowest BCUT2D eigenvalue weighted by Gasteiger charge is -2.34. The molecule has 1 saturated heterocycles. The number of halogens is 1. The molecule has 4 rings (SSSR count). The molecule has 0 aliphatic carbocycles. The monoisotopic (exact) mass is 568 g/mol. The van der Waals surface area contributed by atoms with Gasteiger partial charge in [-0.05, 0) is 81.7 Å². The summed E-state index contributed by atoms with van der Waals surface area (Å²) in [4.78, 5) is 19.5. The van der Waals surface area contributed by atoms with E-state index >= 15 is 0 Å². The lowest BCUT2D eigenvalue weighted by molar-refractivity contribution is -0.122. The minimum absolute atomic E-state index is 0.154. The molecule has 1 fully saturated rings. The van der Waals surface area contributed by atoms with Crippen LogP contribution in [0.3, 0.4) is 0 Å². The maximum Gasteiger partial charge on any atom is 0.234 e. The predicted molar refractivity (Wildman–Crippen MR) is 164 cm³/mol. The number of hydrogen-bond acceptors (Lipinski definition) is 6. The summed E-state index contributed by atoms with van der Waals surface area (Å²) in [5.41, 5.74) is 2.97. The molecule has 1 aromatic heterocycles. The Bertz CT molecular complexity index is 1170. The smallest absolute Gasteiger partial charge is 0.234 e. The fraction of sp³-hybridized carbons (Fsp3) is 0.531. The van der Waals surface area contributed by atoms with Crippen molar-refractivity contribution in [3.63, 3.8) is 0 Å². The van der Waals surface area contributed by atoms with E-state index < -0.39 is 0 Å². The molecule has 1 aliphatic heterocycles. The highest BCUT2D eigenvalue weighted by molar-refractivity contribution is 6.30. The number of fused-ring (bicyclic) bond motifs is 1. The van der Waals surface area contributed by atoms with Crippen LogP contribution in [-0.4, -0.2) is 92.7 Å². The van der Waals surface area contributed by atoms with Crippen molar-refractivity contribution in [1.29, 1.82) is 0 Å². The summed E-state index contributed by atoms with van der Waals surface area (Å²) in [7, 11) is 0. The van der Waals surface area contributed by atoms with Gasteiger partial charge in [0.1, 0.15) is 11.3 Å². The van der Waals surface area contributed by atoms with Gasteiger partial charge in [0.05, 0.1) is 19.4 Å². The van der Waals surface area contributed by atoms with Gasteiger partial charge in [-0.3, -0.25) is 9.69 Å². The Morgan fingerprint density at radius 3 is 2.48 bits per heavy atom. The molecule has 3 aromatic rings. The van der Waals surface area contributed by atoms with Crippen LogP contribution in [0.15, 0.2) is 53.1 Å². The van der Waals surface area contributed by atoms with Crippen LogP contribution in [0.25, 0.3) is 22.1 Å². The first kappa shape index (κ1) is 30.4. The van der Waals surface area contributed by atoms with Gasteiger partial charge < -0.3 is 24.3 Å². The highest BCUT2D eigenvalue weighted by atomic mass is 35.5. The van der Waals surface area contributed by atoms with Gasteiger partial charge in [-0.2, -0.15) is 0 Å². The molecule has 2 aromatic carbocycles. The first-order chi connectivity index (χ1) is 19.6. The van der Waals surface area contributed by atoms with Gasteiger partial charge in [-0.15, -0.1) is 0 Å². The zero-order chi connectivity index (χ0) is 28.2. The number of amides is 1. The number of carbonyl (C=O) groups is 1. The van der Waals surface area contributed by atoms with E-state index in [1.54, 1.807) is 6.26 Å². The van der Waals surface area contributed by atoms with Gasteiger partial charge in [-0.25, -0.2) is 0 Å². The fourth-order valence-electron chi connectivity index (χ4n) is 5.26. The van der Waals surface area contributed by atoms with Crippen LogP contribution < -0.4 is 10.1 Å². The zero-order valence-corrected chi connectivity index (χ0v) is 24.9.